The maximum Gasteiger partial charge on any atom is 0.225 e. The van der Waals surface area contributed by atoms with Crippen molar-refractivity contribution < 1.29 is 0 Å². The van der Waals surface area contributed by atoms with Crippen molar-refractivity contribution in [1.82, 2.24) is 9.97 Å². The SMILES string of the molecule is CCC/C=C\CN(C)c1ncc(C)cn1. The number of nitrogens with zero attached hydrogens (tertiary/aromatic N) is 3. The van der Waals surface area contributed by atoms with E-state index in [1.807, 2.05) is 31.3 Å². The molecule has 1 rings (SSSR count). The van der Waals surface area contributed by atoms with Crippen LogP contribution in [0.3, 0.4) is 0 Å². The molecule has 0 aliphatic rings. The summed E-state index contributed by atoms with van der Waals surface area (Å²) >= 11 is 0. The average molecular weight is 205 g/mol. The van der Waals surface area contributed by atoms with Gasteiger partial charge in [-0.15, -0.1) is 0 Å². The van der Waals surface area contributed by atoms with Gasteiger partial charge in [0.15, 0.2) is 0 Å². The molecule has 0 bridgehead atoms. The largest absolute Gasteiger partial charge is 0.340 e. The van der Waals surface area contributed by atoms with Gasteiger partial charge in [-0.05, 0) is 18.9 Å². The number of hydrogen-bond acceptors (Lipinski definition) is 3. The van der Waals surface area contributed by atoms with Crippen LogP contribution in [0.25, 0.3) is 0 Å². The van der Waals surface area contributed by atoms with E-state index >= 15 is 0 Å². The van der Waals surface area contributed by atoms with Gasteiger partial charge in [0.25, 0.3) is 0 Å². The van der Waals surface area contributed by atoms with E-state index in [9.17, 15) is 0 Å². The molecule has 0 unspecified atom stereocenters. The van der Waals surface area contributed by atoms with Crippen LogP contribution in [-0.4, -0.2) is 23.6 Å². The lowest BCUT2D eigenvalue weighted by molar-refractivity contribution is 0.918. The highest BCUT2D eigenvalue weighted by molar-refractivity contribution is 5.29. The van der Waals surface area contributed by atoms with E-state index in [1.54, 1.807) is 0 Å². The van der Waals surface area contributed by atoms with E-state index in [4.69, 9.17) is 0 Å². The molecule has 0 amide bonds. The van der Waals surface area contributed by atoms with Crippen LogP contribution in [-0.2, 0) is 0 Å². The van der Waals surface area contributed by atoms with E-state index < -0.39 is 0 Å². The molecule has 0 aromatic carbocycles. The molecular weight excluding hydrogens is 186 g/mol. The second kappa shape index (κ2) is 6.17. The third kappa shape index (κ3) is 4.11. The second-order valence-corrected chi connectivity index (χ2v) is 3.70. The highest BCUT2D eigenvalue weighted by Gasteiger charge is 2.00. The smallest absolute Gasteiger partial charge is 0.225 e. The highest BCUT2D eigenvalue weighted by Crippen LogP contribution is 2.04. The van der Waals surface area contributed by atoms with Gasteiger partial charge in [0.05, 0.1) is 0 Å². The van der Waals surface area contributed by atoms with Crippen molar-refractivity contribution in [3.05, 3.63) is 30.1 Å². The normalized spacial score (nSPS) is 10.9. The van der Waals surface area contributed by atoms with E-state index in [2.05, 4.69) is 29.0 Å². The third-order valence-electron chi connectivity index (χ3n) is 2.11. The van der Waals surface area contributed by atoms with Crippen LogP contribution in [0, 0.1) is 6.92 Å². The van der Waals surface area contributed by atoms with Crippen LogP contribution < -0.4 is 4.90 Å². The molecule has 0 aliphatic heterocycles. The first kappa shape index (κ1) is 11.7. The van der Waals surface area contributed by atoms with Crippen molar-refractivity contribution in [3.8, 4) is 0 Å². The number of anilines is 1. The van der Waals surface area contributed by atoms with Crippen LogP contribution in [0.4, 0.5) is 5.95 Å². The minimum Gasteiger partial charge on any atom is -0.340 e. The van der Waals surface area contributed by atoms with Crippen molar-refractivity contribution in [2.75, 3.05) is 18.5 Å². The van der Waals surface area contributed by atoms with Crippen molar-refractivity contribution in [3.63, 3.8) is 0 Å². The van der Waals surface area contributed by atoms with Gasteiger partial charge in [-0.3, -0.25) is 0 Å². The Morgan fingerprint density at radius 2 is 1.93 bits per heavy atom. The Labute approximate surface area is 91.9 Å². The fourth-order valence-corrected chi connectivity index (χ4v) is 1.18. The van der Waals surface area contributed by atoms with E-state index in [0.717, 1.165) is 24.5 Å². The first-order valence-corrected chi connectivity index (χ1v) is 5.38. The Morgan fingerprint density at radius 3 is 2.53 bits per heavy atom. The topological polar surface area (TPSA) is 29.0 Å². The molecule has 3 heteroatoms. The summed E-state index contributed by atoms with van der Waals surface area (Å²) in [7, 11) is 2.00. The fourth-order valence-electron chi connectivity index (χ4n) is 1.18. The van der Waals surface area contributed by atoms with Gasteiger partial charge >= 0.3 is 0 Å². The van der Waals surface area contributed by atoms with E-state index in [1.165, 1.54) is 6.42 Å². The van der Waals surface area contributed by atoms with Gasteiger partial charge in [-0.25, -0.2) is 9.97 Å². The molecule has 0 N–H and O–H groups in total. The van der Waals surface area contributed by atoms with Crippen LogP contribution in [0.1, 0.15) is 25.3 Å². The fraction of sp³-hybridized carbons (Fsp3) is 0.500. The summed E-state index contributed by atoms with van der Waals surface area (Å²) in [4.78, 5) is 10.5. The van der Waals surface area contributed by atoms with Gasteiger partial charge in [0, 0.05) is 26.0 Å². The molecule has 3 nitrogen and oxygen atoms in total. The average Bonchev–Trinajstić information content (AvgIpc) is 2.25. The zero-order valence-electron chi connectivity index (χ0n) is 9.77. The summed E-state index contributed by atoms with van der Waals surface area (Å²) in [6, 6.07) is 0. The third-order valence-corrected chi connectivity index (χ3v) is 2.11. The minimum absolute atomic E-state index is 0.779. The maximum atomic E-state index is 4.26. The van der Waals surface area contributed by atoms with Crippen molar-refractivity contribution in [2.24, 2.45) is 0 Å². The molecule has 0 saturated carbocycles. The number of likely N-dealkylation sites (N-methyl/N-ethyl adjacent to an activating group) is 1. The molecule has 0 spiro atoms. The molecule has 1 aromatic rings. The maximum absolute atomic E-state index is 4.26. The predicted molar refractivity (Wildman–Crippen MR) is 64.1 cm³/mol. The number of unbranched alkanes of at least 4 members (excludes halogenated alkanes) is 1. The monoisotopic (exact) mass is 205 g/mol. The number of rotatable bonds is 5. The van der Waals surface area contributed by atoms with Crippen LogP contribution in [0.5, 0.6) is 0 Å². The summed E-state index contributed by atoms with van der Waals surface area (Å²) in [5.74, 6) is 0.779. The quantitative estimate of drug-likeness (QED) is 0.692. The summed E-state index contributed by atoms with van der Waals surface area (Å²) in [5, 5.41) is 0. The summed E-state index contributed by atoms with van der Waals surface area (Å²) in [5.41, 5.74) is 1.09. The highest BCUT2D eigenvalue weighted by atomic mass is 15.2. The van der Waals surface area contributed by atoms with Crippen molar-refractivity contribution in [1.29, 1.82) is 0 Å². The molecule has 0 atom stereocenters. The van der Waals surface area contributed by atoms with Gasteiger partial charge < -0.3 is 4.90 Å². The lowest BCUT2D eigenvalue weighted by Gasteiger charge is -2.14. The molecule has 0 radical (unpaired) electrons. The summed E-state index contributed by atoms with van der Waals surface area (Å²) in [6.45, 7) is 5.03. The Hall–Kier alpha value is -1.38. The molecular formula is C12H19N3. The number of allylic oxidation sites excluding steroid dienone is 1. The molecule has 1 heterocycles. The predicted octanol–water partition coefficient (Wildman–Crippen LogP) is 2.58. The second-order valence-electron chi connectivity index (χ2n) is 3.70. The lowest BCUT2D eigenvalue weighted by atomic mass is 10.3. The zero-order valence-corrected chi connectivity index (χ0v) is 9.77. The first-order chi connectivity index (χ1) is 7.24. The summed E-state index contributed by atoms with van der Waals surface area (Å²) in [6.07, 6.45) is 10.4. The zero-order chi connectivity index (χ0) is 11.1. The molecule has 1 aromatic heterocycles. The Balaban J connectivity index is 2.46. The molecule has 0 fully saturated rings. The number of aromatic nitrogens is 2. The molecule has 15 heavy (non-hydrogen) atoms. The van der Waals surface area contributed by atoms with Crippen LogP contribution >= 0.6 is 0 Å². The Bertz CT molecular complexity index is 303. The standard InChI is InChI=1S/C12H19N3/c1-4-5-6-7-8-15(3)12-13-9-11(2)10-14-12/h6-7,9-10H,4-5,8H2,1-3H3/b7-6-. The Kier molecular flexibility index (Phi) is 4.81. The van der Waals surface area contributed by atoms with Gasteiger partial charge in [-0.1, -0.05) is 25.5 Å². The van der Waals surface area contributed by atoms with Gasteiger partial charge in [0.2, 0.25) is 5.95 Å². The lowest BCUT2D eigenvalue weighted by Crippen LogP contribution is -2.19. The minimum atomic E-state index is 0.779. The van der Waals surface area contributed by atoms with Gasteiger partial charge in [-0.2, -0.15) is 0 Å². The van der Waals surface area contributed by atoms with Gasteiger partial charge in [0.1, 0.15) is 0 Å². The van der Waals surface area contributed by atoms with Crippen molar-refractivity contribution >= 4 is 5.95 Å². The van der Waals surface area contributed by atoms with Crippen LogP contribution in [0.15, 0.2) is 24.5 Å². The summed E-state index contributed by atoms with van der Waals surface area (Å²) < 4.78 is 0. The Morgan fingerprint density at radius 1 is 1.27 bits per heavy atom. The number of hydrogen-bond donors (Lipinski definition) is 0. The number of aryl methyl sites for hydroxylation is 1. The first-order valence-electron chi connectivity index (χ1n) is 5.38. The molecule has 0 aliphatic carbocycles. The molecule has 82 valence electrons. The van der Waals surface area contributed by atoms with E-state index in [0.29, 0.717) is 0 Å². The molecule has 0 saturated heterocycles. The van der Waals surface area contributed by atoms with E-state index in [-0.39, 0.29) is 0 Å². The van der Waals surface area contributed by atoms with Crippen LogP contribution in [0.2, 0.25) is 0 Å². The van der Waals surface area contributed by atoms with Crippen molar-refractivity contribution in [2.45, 2.75) is 26.7 Å².